The third-order valence-electron chi connectivity index (χ3n) is 5.63. The van der Waals surface area contributed by atoms with Crippen LogP contribution in [0.3, 0.4) is 0 Å². The quantitative estimate of drug-likeness (QED) is 0.460. The number of hydrogen-bond donors (Lipinski definition) is 3. The van der Waals surface area contributed by atoms with Crippen LogP contribution in [0, 0.1) is 0 Å². The summed E-state index contributed by atoms with van der Waals surface area (Å²) in [6, 6.07) is 18.1. The Morgan fingerprint density at radius 3 is 2.24 bits per heavy atom. The first-order valence-electron chi connectivity index (χ1n) is 10.7. The molecule has 33 heavy (non-hydrogen) atoms. The first-order valence-corrected chi connectivity index (χ1v) is 10.7. The van der Waals surface area contributed by atoms with E-state index in [1.807, 2.05) is 48.5 Å². The van der Waals surface area contributed by atoms with E-state index in [1.54, 1.807) is 12.1 Å². The lowest BCUT2D eigenvalue weighted by molar-refractivity contribution is -0.139. The Morgan fingerprint density at radius 2 is 1.64 bits per heavy atom. The smallest absolute Gasteiger partial charge is 0.407 e. The average molecular weight is 448 g/mol. The minimum atomic E-state index is -1.24. The summed E-state index contributed by atoms with van der Waals surface area (Å²) in [7, 11) is 0. The molecule has 0 saturated carbocycles. The molecular formula is C25H24N2O6. The van der Waals surface area contributed by atoms with Crippen molar-refractivity contribution >= 4 is 18.0 Å². The van der Waals surface area contributed by atoms with Crippen molar-refractivity contribution < 1.29 is 28.6 Å². The molecule has 0 aliphatic heterocycles. The van der Waals surface area contributed by atoms with E-state index in [4.69, 9.17) is 9.15 Å². The molecule has 1 aliphatic carbocycles. The molecule has 0 radical (unpaired) electrons. The molecule has 0 bridgehead atoms. The summed E-state index contributed by atoms with van der Waals surface area (Å²) in [6.45, 7) is 0.291. The van der Waals surface area contributed by atoms with Gasteiger partial charge in [-0.05, 0) is 40.8 Å². The van der Waals surface area contributed by atoms with Gasteiger partial charge in [-0.2, -0.15) is 0 Å². The topological polar surface area (TPSA) is 118 Å². The molecule has 2 amide bonds. The highest BCUT2D eigenvalue weighted by Gasteiger charge is 2.29. The lowest BCUT2D eigenvalue weighted by Crippen LogP contribution is -2.42. The number of fused-ring (bicyclic) bond motifs is 3. The van der Waals surface area contributed by atoms with Crippen LogP contribution in [0.5, 0.6) is 0 Å². The van der Waals surface area contributed by atoms with Crippen LogP contribution in [0.2, 0.25) is 0 Å². The van der Waals surface area contributed by atoms with Crippen LogP contribution in [0.1, 0.15) is 35.6 Å². The van der Waals surface area contributed by atoms with Crippen molar-refractivity contribution in [1.82, 2.24) is 10.6 Å². The number of carboxylic acids is 1. The number of furan rings is 1. The van der Waals surface area contributed by atoms with Gasteiger partial charge in [0, 0.05) is 12.3 Å². The summed E-state index contributed by atoms with van der Waals surface area (Å²) in [6.07, 6.45) is 0.533. The number of rotatable bonds is 9. The number of amides is 2. The Morgan fingerprint density at radius 1 is 0.970 bits per heavy atom. The number of hydrogen-bond acceptors (Lipinski definition) is 5. The van der Waals surface area contributed by atoms with E-state index < -0.39 is 18.1 Å². The number of alkyl carbamates (subject to hydrolysis) is 1. The van der Waals surface area contributed by atoms with Crippen molar-refractivity contribution in [2.45, 2.75) is 31.3 Å². The summed E-state index contributed by atoms with van der Waals surface area (Å²) < 4.78 is 10.5. The van der Waals surface area contributed by atoms with Gasteiger partial charge in [-0.25, -0.2) is 9.59 Å². The van der Waals surface area contributed by atoms with Gasteiger partial charge >= 0.3 is 12.1 Å². The molecular weight excluding hydrogens is 424 g/mol. The second-order valence-corrected chi connectivity index (χ2v) is 7.76. The van der Waals surface area contributed by atoms with E-state index in [9.17, 15) is 19.5 Å². The zero-order chi connectivity index (χ0) is 23.2. The lowest BCUT2D eigenvalue weighted by atomic mass is 9.98. The first kappa shape index (κ1) is 22.1. The summed E-state index contributed by atoms with van der Waals surface area (Å²) in [4.78, 5) is 35.9. The Bertz CT molecular complexity index is 1100. The molecule has 0 saturated heterocycles. The number of carboxylic acid groups (broad SMARTS) is 1. The fourth-order valence-corrected chi connectivity index (χ4v) is 4.00. The maximum absolute atomic E-state index is 12.4. The third kappa shape index (κ3) is 5.23. The van der Waals surface area contributed by atoms with Gasteiger partial charge in [0.2, 0.25) is 5.91 Å². The van der Waals surface area contributed by atoms with Crippen LogP contribution in [0.4, 0.5) is 4.79 Å². The van der Waals surface area contributed by atoms with Crippen molar-refractivity contribution in [3.05, 3.63) is 83.8 Å². The van der Waals surface area contributed by atoms with Crippen molar-refractivity contribution in [3.8, 4) is 11.1 Å². The number of ether oxygens (including phenoxy) is 1. The van der Waals surface area contributed by atoms with Crippen molar-refractivity contribution in [3.63, 3.8) is 0 Å². The second-order valence-electron chi connectivity index (χ2n) is 7.76. The molecule has 170 valence electrons. The third-order valence-corrected chi connectivity index (χ3v) is 5.63. The highest BCUT2D eigenvalue weighted by atomic mass is 16.5. The van der Waals surface area contributed by atoms with Gasteiger partial charge in [0.25, 0.3) is 0 Å². The fourth-order valence-electron chi connectivity index (χ4n) is 4.00. The van der Waals surface area contributed by atoms with E-state index in [2.05, 4.69) is 10.6 Å². The predicted octanol–water partition coefficient (Wildman–Crippen LogP) is 3.67. The first-order chi connectivity index (χ1) is 16.0. The Kier molecular flexibility index (Phi) is 6.73. The van der Waals surface area contributed by atoms with E-state index >= 15 is 0 Å². The number of carbonyl (C=O) groups is 3. The van der Waals surface area contributed by atoms with Gasteiger partial charge in [0.05, 0.1) is 12.8 Å². The van der Waals surface area contributed by atoms with Crippen molar-refractivity contribution in [2.75, 3.05) is 6.61 Å². The zero-order valence-electron chi connectivity index (χ0n) is 17.8. The average Bonchev–Trinajstić information content (AvgIpc) is 3.45. The molecule has 1 atom stereocenters. The van der Waals surface area contributed by atoms with Crippen LogP contribution in [-0.4, -0.2) is 35.7 Å². The van der Waals surface area contributed by atoms with E-state index in [0.717, 1.165) is 22.3 Å². The monoisotopic (exact) mass is 448 g/mol. The lowest BCUT2D eigenvalue weighted by Gasteiger charge is -2.17. The Labute approximate surface area is 190 Å². The van der Waals surface area contributed by atoms with Crippen molar-refractivity contribution in [1.29, 1.82) is 0 Å². The molecule has 0 spiro atoms. The van der Waals surface area contributed by atoms with Crippen LogP contribution >= 0.6 is 0 Å². The molecule has 8 heteroatoms. The number of carbonyl (C=O) groups excluding carboxylic acids is 2. The minimum absolute atomic E-state index is 0.0660. The van der Waals surface area contributed by atoms with Crippen LogP contribution in [0.25, 0.3) is 11.1 Å². The molecule has 0 fully saturated rings. The van der Waals surface area contributed by atoms with Gasteiger partial charge in [0.1, 0.15) is 18.4 Å². The van der Waals surface area contributed by atoms with Gasteiger partial charge in [-0.3, -0.25) is 4.79 Å². The maximum atomic E-state index is 12.4. The summed E-state index contributed by atoms with van der Waals surface area (Å²) in [5.74, 6) is -1.11. The Hall–Kier alpha value is -4.07. The molecule has 3 N–H and O–H groups in total. The minimum Gasteiger partial charge on any atom is -0.480 e. The van der Waals surface area contributed by atoms with Crippen LogP contribution in [0.15, 0.2) is 71.3 Å². The molecule has 4 rings (SSSR count). The van der Waals surface area contributed by atoms with Crippen LogP contribution in [-0.2, 0) is 20.9 Å². The highest BCUT2D eigenvalue weighted by Crippen LogP contribution is 2.44. The largest absolute Gasteiger partial charge is 0.480 e. The van der Waals surface area contributed by atoms with E-state index in [1.165, 1.54) is 6.26 Å². The van der Waals surface area contributed by atoms with Gasteiger partial charge in [-0.15, -0.1) is 0 Å². The van der Waals surface area contributed by atoms with Crippen molar-refractivity contribution in [2.24, 2.45) is 0 Å². The summed E-state index contributed by atoms with van der Waals surface area (Å²) in [5.41, 5.74) is 4.33. The molecule has 2 aromatic carbocycles. The molecule has 3 aromatic rings. The van der Waals surface area contributed by atoms with Crippen LogP contribution < -0.4 is 10.6 Å². The predicted molar refractivity (Wildman–Crippen MR) is 119 cm³/mol. The summed E-state index contributed by atoms with van der Waals surface area (Å²) >= 11 is 0. The number of benzene rings is 2. The highest BCUT2D eigenvalue weighted by molar-refractivity contribution is 5.82. The standard InChI is InChI=1S/C25H24N2O6/c28-23(26-14-16-6-5-13-32-16)12-11-22(24(29)30)27-25(31)33-15-21-19-9-3-1-7-17(19)18-8-2-4-10-20(18)21/h1-10,13,21-22H,11-12,14-15H2,(H,26,28)(H,27,31)(H,29,30). The fraction of sp³-hybridized carbons (Fsp3) is 0.240. The molecule has 1 aromatic heterocycles. The maximum Gasteiger partial charge on any atom is 0.407 e. The second kappa shape index (κ2) is 10.0. The molecule has 1 heterocycles. The number of nitrogens with one attached hydrogen (secondary N) is 2. The Balaban J connectivity index is 1.30. The zero-order valence-corrected chi connectivity index (χ0v) is 17.8. The SMILES string of the molecule is O=C(CCC(NC(=O)OCC1c2ccccc2-c2ccccc21)C(=O)O)NCc1ccco1. The summed E-state index contributed by atoms with van der Waals surface area (Å²) in [5, 5.41) is 14.4. The van der Waals surface area contributed by atoms with Gasteiger partial charge < -0.3 is 24.9 Å². The van der Waals surface area contributed by atoms with E-state index in [-0.39, 0.29) is 37.8 Å². The normalized spacial score (nSPS) is 13.0. The van der Waals surface area contributed by atoms with E-state index in [0.29, 0.717) is 5.76 Å². The number of aliphatic carboxylic acids is 1. The van der Waals surface area contributed by atoms with Gasteiger partial charge in [-0.1, -0.05) is 48.5 Å². The molecule has 1 unspecified atom stereocenters. The van der Waals surface area contributed by atoms with Gasteiger partial charge in [0.15, 0.2) is 0 Å². The molecule has 8 nitrogen and oxygen atoms in total. The molecule has 1 aliphatic rings.